The van der Waals surface area contributed by atoms with Crippen LogP contribution in [-0.4, -0.2) is 53.1 Å². The zero-order valence-electron chi connectivity index (χ0n) is 16.6. The number of furan rings is 1. The third kappa shape index (κ3) is 4.28. The molecule has 1 aromatic carbocycles. The van der Waals surface area contributed by atoms with Gasteiger partial charge in [0.05, 0.1) is 11.5 Å². The molecular formula is C22H22N2O5S. The number of carbonyl (C=O) groups excluding carboxylic acids is 3. The number of carbonyl (C=O) groups is 3. The van der Waals surface area contributed by atoms with Gasteiger partial charge >= 0.3 is 0 Å². The van der Waals surface area contributed by atoms with Crippen LogP contribution in [0.4, 0.5) is 4.79 Å². The largest absolute Gasteiger partial charge is 0.494 e. The fourth-order valence-electron chi connectivity index (χ4n) is 3.43. The Bertz CT molecular complexity index is 989. The van der Waals surface area contributed by atoms with Crippen LogP contribution in [0.5, 0.6) is 5.75 Å². The van der Waals surface area contributed by atoms with E-state index in [4.69, 9.17) is 9.15 Å². The van der Waals surface area contributed by atoms with Gasteiger partial charge in [-0.25, -0.2) is 0 Å². The van der Waals surface area contributed by atoms with Crippen LogP contribution in [0.1, 0.15) is 25.5 Å². The highest BCUT2D eigenvalue weighted by Crippen LogP contribution is 2.33. The van der Waals surface area contributed by atoms with Crippen LogP contribution >= 0.6 is 11.8 Å². The first-order valence-electron chi connectivity index (χ1n) is 9.91. The summed E-state index contributed by atoms with van der Waals surface area (Å²) in [5.41, 5.74) is 0.877. The molecule has 3 amide bonds. The number of hydrogen-bond donors (Lipinski definition) is 0. The van der Waals surface area contributed by atoms with Crippen molar-refractivity contribution in [1.82, 2.24) is 9.80 Å². The van der Waals surface area contributed by atoms with Crippen molar-refractivity contribution >= 4 is 34.9 Å². The summed E-state index contributed by atoms with van der Waals surface area (Å²) in [6, 6.07) is 11.1. The molecule has 0 saturated carbocycles. The quantitative estimate of drug-likeness (QED) is 0.650. The van der Waals surface area contributed by atoms with E-state index in [0.717, 1.165) is 40.8 Å². The number of ether oxygens (including phenoxy) is 1. The molecule has 0 atom stereocenters. The average Bonchev–Trinajstić information content (AvgIpc) is 3.48. The van der Waals surface area contributed by atoms with E-state index in [9.17, 15) is 14.4 Å². The predicted octanol–water partition coefficient (Wildman–Crippen LogP) is 4.00. The minimum Gasteiger partial charge on any atom is -0.494 e. The molecule has 2 fully saturated rings. The molecule has 0 N–H and O–H groups in total. The van der Waals surface area contributed by atoms with Crippen molar-refractivity contribution in [2.24, 2.45) is 0 Å². The second kappa shape index (κ2) is 8.79. The van der Waals surface area contributed by atoms with E-state index in [2.05, 4.69) is 0 Å². The third-order valence-electron chi connectivity index (χ3n) is 4.98. The number of benzene rings is 1. The van der Waals surface area contributed by atoms with Gasteiger partial charge < -0.3 is 14.1 Å². The van der Waals surface area contributed by atoms with Gasteiger partial charge in [0.15, 0.2) is 0 Å². The Kier molecular flexibility index (Phi) is 5.94. The van der Waals surface area contributed by atoms with Gasteiger partial charge in [0.2, 0.25) is 5.91 Å². The average molecular weight is 426 g/mol. The number of rotatable bonds is 6. The highest BCUT2D eigenvalue weighted by molar-refractivity contribution is 8.18. The van der Waals surface area contributed by atoms with Crippen LogP contribution < -0.4 is 4.74 Å². The fraction of sp³-hybridized carbons (Fsp3) is 0.318. The van der Waals surface area contributed by atoms with E-state index in [1.807, 2.05) is 37.3 Å². The summed E-state index contributed by atoms with van der Waals surface area (Å²) in [7, 11) is 0. The molecule has 0 spiro atoms. The molecule has 0 aliphatic carbocycles. The Hall–Kier alpha value is -3.00. The van der Waals surface area contributed by atoms with Crippen LogP contribution in [0.2, 0.25) is 0 Å². The van der Waals surface area contributed by atoms with Gasteiger partial charge in [-0.2, -0.15) is 0 Å². The fourth-order valence-corrected chi connectivity index (χ4v) is 4.25. The van der Waals surface area contributed by atoms with Crippen molar-refractivity contribution < 1.29 is 23.5 Å². The minimum absolute atomic E-state index is 0.188. The van der Waals surface area contributed by atoms with Gasteiger partial charge in [0.1, 0.15) is 23.8 Å². The lowest BCUT2D eigenvalue weighted by molar-refractivity contribution is -0.135. The Morgan fingerprint density at radius 3 is 2.57 bits per heavy atom. The van der Waals surface area contributed by atoms with Gasteiger partial charge in [-0.3, -0.25) is 19.3 Å². The monoisotopic (exact) mass is 426 g/mol. The lowest BCUT2D eigenvalue weighted by Crippen LogP contribution is -2.40. The summed E-state index contributed by atoms with van der Waals surface area (Å²) in [6.07, 6.45) is 3.47. The molecule has 0 radical (unpaired) electrons. The van der Waals surface area contributed by atoms with Crippen molar-refractivity contribution in [3.63, 3.8) is 0 Å². The first-order valence-corrected chi connectivity index (χ1v) is 10.7. The lowest BCUT2D eigenvalue weighted by Gasteiger charge is -2.18. The molecule has 4 rings (SSSR count). The van der Waals surface area contributed by atoms with Crippen molar-refractivity contribution in [1.29, 1.82) is 0 Å². The molecule has 30 heavy (non-hydrogen) atoms. The molecule has 0 bridgehead atoms. The summed E-state index contributed by atoms with van der Waals surface area (Å²) in [5.74, 6) is 1.25. The number of hydrogen-bond acceptors (Lipinski definition) is 6. The van der Waals surface area contributed by atoms with Crippen molar-refractivity contribution in [3.05, 3.63) is 47.1 Å². The zero-order chi connectivity index (χ0) is 21.1. The maximum absolute atomic E-state index is 12.6. The van der Waals surface area contributed by atoms with Gasteiger partial charge in [-0.1, -0.05) is 0 Å². The second-order valence-corrected chi connectivity index (χ2v) is 8.01. The van der Waals surface area contributed by atoms with E-state index >= 15 is 0 Å². The highest BCUT2D eigenvalue weighted by atomic mass is 32.2. The van der Waals surface area contributed by atoms with E-state index in [1.54, 1.807) is 17.0 Å². The summed E-state index contributed by atoms with van der Waals surface area (Å²) < 4.78 is 11.3. The summed E-state index contributed by atoms with van der Waals surface area (Å²) in [6.45, 7) is 3.69. The molecule has 156 valence electrons. The van der Waals surface area contributed by atoms with E-state index in [-0.39, 0.29) is 17.4 Å². The number of imide groups is 1. The second-order valence-electron chi connectivity index (χ2n) is 7.02. The molecule has 2 aliphatic rings. The van der Waals surface area contributed by atoms with Crippen LogP contribution in [0, 0.1) is 0 Å². The number of amides is 3. The standard InChI is InChI=1S/C22H22N2O5S/c1-2-28-16-7-5-15(6-8-16)18-10-9-17(29-18)13-19-21(26)24(22(27)30-19)14-20(25)23-11-3-4-12-23/h5-10,13H,2-4,11-12,14H2,1H3. The molecule has 2 aromatic rings. The normalized spacial score (nSPS) is 18.0. The topological polar surface area (TPSA) is 80.1 Å². The molecule has 8 heteroatoms. The third-order valence-corrected chi connectivity index (χ3v) is 5.88. The number of nitrogens with zero attached hydrogens (tertiary/aromatic N) is 2. The molecule has 2 saturated heterocycles. The van der Waals surface area contributed by atoms with Crippen molar-refractivity contribution in [3.8, 4) is 17.1 Å². The first-order chi connectivity index (χ1) is 14.5. The summed E-state index contributed by atoms with van der Waals surface area (Å²) in [4.78, 5) is 40.2. The Balaban J connectivity index is 1.45. The van der Waals surface area contributed by atoms with Crippen LogP contribution in [0.3, 0.4) is 0 Å². The van der Waals surface area contributed by atoms with Crippen LogP contribution in [-0.2, 0) is 9.59 Å². The minimum atomic E-state index is -0.462. The molecule has 7 nitrogen and oxygen atoms in total. The molecule has 3 heterocycles. The maximum atomic E-state index is 12.6. The van der Waals surface area contributed by atoms with Gasteiger partial charge in [-0.05, 0) is 67.9 Å². The van der Waals surface area contributed by atoms with Gasteiger partial charge in [-0.15, -0.1) is 0 Å². The smallest absolute Gasteiger partial charge is 0.294 e. The SMILES string of the molecule is CCOc1ccc(-c2ccc(C=C3SC(=O)N(CC(=O)N4CCCC4)C3=O)o2)cc1. The summed E-state index contributed by atoms with van der Waals surface area (Å²) in [5, 5.41) is -0.433. The van der Waals surface area contributed by atoms with Gasteiger partial charge in [0, 0.05) is 24.7 Å². The Morgan fingerprint density at radius 1 is 1.13 bits per heavy atom. The first kappa shape index (κ1) is 20.3. The number of thioether (sulfide) groups is 1. The Morgan fingerprint density at radius 2 is 1.87 bits per heavy atom. The van der Waals surface area contributed by atoms with Crippen molar-refractivity contribution in [2.45, 2.75) is 19.8 Å². The maximum Gasteiger partial charge on any atom is 0.294 e. The molecular weight excluding hydrogens is 404 g/mol. The predicted molar refractivity (Wildman–Crippen MR) is 114 cm³/mol. The van der Waals surface area contributed by atoms with E-state index < -0.39 is 11.1 Å². The van der Waals surface area contributed by atoms with E-state index in [0.29, 0.717) is 31.2 Å². The van der Waals surface area contributed by atoms with Crippen molar-refractivity contribution in [2.75, 3.05) is 26.2 Å². The van der Waals surface area contributed by atoms with Crippen LogP contribution in [0.25, 0.3) is 17.4 Å². The zero-order valence-corrected chi connectivity index (χ0v) is 17.4. The molecule has 1 aromatic heterocycles. The molecule has 2 aliphatic heterocycles. The highest BCUT2D eigenvalue weighted by Gasteiger charge is 2.37. The van der Waals surface area contributed by atoms with Gasteiger partial charge in [0.25, 0.3) is 11.1 Å². The van der Waals surface area contributed by atoms with Crippen LogP contribution in [0.15, 0.2) is 45.7 Å². The van der Waals surface area contributed by atoms with E-state index in [1.165, 1.54) is 0 Å². The molecule has 0 unspecified atom stereocenters. The Labute approximate surface area is 178 Å². The lowest BCUT2D eigenvalue weighted by atomic mass is 10.2. The number of likely N-dealkylation sites (tertiary alicyclic amines) is 1. The summed E-state index contributed by atoms with van der Waals surface area (Å²) >= 11 is 0.825.